The first kappa shape index (κ1) is 20.1. The van der Waals surface area contributed by atoms with Crippen LogP contribution in [0.4, 0.5) is 13.2 Å². The van der Waals surface area contributed by atoms with Crippen LogP contribution in [0.2, 0.25) is 0 Å². The Labute approximate surface area is 147 Å². The van der Waals surface area contributed by atoms with Gasteiger partial charge in [-0.3, -0.25) is 0 Å². The van der Waals surface area contributed by atoms with E-state index in [0.29, 0.717) is 12.0 Å². The number of nitrogens with zero attached hydrogens (tertiary/aromatic N) is 1. The van der Waals surface area contributed by atoms with E-state index in [1.165, 1.54) is 12.1 Å². The summed E-state index contributed by atoms with van der Waals surface area (Å²) in [5, 5.41) is 13.5. The Balaban J connectivity index is 1.89. The summed E-state index contributed by atoms with van der Waals surface area (Å²) in [7, 11) is 0. The number of alkyl halides is 3. The molecular weight excluding hydrogens is 331 g/mol. The first-order valence-electron chi connectivity index (χ1n) is 8.79. The minimum Gasteiger partial charge on any atom is -0.385 e. The fraction of sp³-hybridized carbons (Fsp3) is 0.722. The monoisotopic (exact) mass is 359 g/mol. The molecule has 1 saturated carbocycles. The largest absolute Gasteiger partial charge is 0.433 e. The number of aliphatic hydroxyl groups excluding tert-OH is 1. The molecule has 1 heterocycles. The molecular formula is C18H28F3N3O. The van der Waals surface area contributed by atoms with Gasteiger partial charge in [-0.2, -0.15) is 13.2 Å². The van der Waals surface area contributed by atoms with E-state index in [4.69, 9.17) is 5.73 Å². The smallest absolute Gasteiger partial charge is 0.385 e. The lowest BCUT2D eigenvalue weighted by Crippen LogP contribution is -2.44. The number of hydrogen-bond acceptors (Lipinski definition) is 4. The zero-order chi connectivity index (χ0) is 18.7. The summed E-state index contributed by atoms with van der Waals surface area (Å²) < 4.78 is 38.2. The average molecular weight is 359 g/mol. The highest BCUT2D eigenvalue weighted by molar-refractivity contribution is 5.15. The molecule has 0 spiro atoms. The van der Waals surface area contributed by atoms with Gasteiger partial charge in [0.2, 0.25) is 0 Å². The molecule has 0 bridgehead atoms. The van der Waals surface area contributed by atoms with Crippen LogP contribution in [0.1, 0.15) is 63.4 Å². The van der Waals surface area contributed by atoms with E-state index < -0.39 is 18.0 Å². The molecule has 25 heavy (non-hydrogen) atoms. The molecule has 1 aromatic rings. The minimum absolute atomic E-state index is 0.0294. The summed E-state index contributed by atoms with van der Waals surface area (Å²) >= 11 is 0. The van der Waals surface area contributed by atoms with Gasteiger partial charge in [0, 0.05) is 18.1 Å². The van der Waals surface area contributed by atoms with Gasteiger partial charge in [0.25, 0.3) is 0 Å². The zero-order valence-corrected chi connectivity index (χ0v) is 14.8. The number of nitrogens with two attached hydrogens (primary N) is 1. The van der Waals surface area contributed by atoms with Crippen LogP contribution in [0.15, 0.2) is 18.2 Å². The number of pyridine rings is 1. The number of hydrogen-bond donors (Lipinski definition) is 3. The van der Waals surface area contributed by atoms with Gasteiger partial charge >= 0.3 is 6.18 Å². The molecule has 0 radical (unpaired) electrons. The Morgan fingerprint density at radius 3 is 2.48 bits per heavy atom. The molecule has 4 N–H and O–H groups in total. The number of halogens is 3. The molecule has 0 saturated heterocycles. The Kier molecular flexibility index (Phi) is 6.45. The van der Waals surface area contributed by atoms with Crippen molar-refractivity contribution >= 4 is 0 Å². The van der Waals surface area contributed by atoms with E-state index in [9.17, 15) is 18.3 Å². The summed E-state index contributed by atoms with van der Waals surface area (Å²) in [6, 6.07) is 3.89. The van der Waals surface area contributed by atoms with Crippen LogP contribution in [0.3, 0.4) is 0 Å². The van der Waals surface area contributed by atoms with E-state index in [1.807, 2.05) is 13.8 Å². The second kappa shape index (κ2) is 8.01. The van der Waals surface area contributed by atoms with Crippen LogP contribution in [-0.4, -0.2) is 28.2 Å². The first-order valence-corrected chi connectivity index (χ1v) is 8.79. The summed E-state index contributed by atoms with van der Waals surface area (Å²) in [5.41, 5.74) is 4.76. The highest BCUT2D eigenvalue weighted by Gasteiger charge is 2.33. The SMILES string of the molecule is CC(C)(CC1CCC(N)CC1)NC[C@H](O)c1cccc(C(F)(F)F)n1. The van der Waals surface area contributed by atoms with Crippen LogP contribution < -0.4 is 11.1 Å². The summed E-state index contributed by atoms with van der Waals surface area (Å²) in [6.07, 6.45) is -0.364. The van der Waals surface area contributed by atoms with Crippen molar-refractivity contribution < 1.29 is 18.3 Å². The highest BCUT2D eigenvalue weighted by Crippen LogP contribution is 2.31. The van der Waals surface area contributed by atoms with Crippen molar-refractivity contribution in [3.8, 4) is 0 Å². The third kappa shape index (κ3) is 6.24. The second-order valence-electron chi connectivity index (χ2n) is 7.71. The molecule has 0 aromatic carbocycles. The maximum Gasteiger partial charge on any atom is 0.433 e. The van der Waals surface area contributed by atoms with E-state index in [1.54, 1.807) is 0 Å². The highest BCUT2D eigenvalue weighted by atomic mass is 19.4. The van der Waals surface area contributed by atoms with Crippen molar-refractivity contribution in [1.29, 1.82) is 0 Å². The fourth-order valence-corrected chi connectivity index (χ4v) is 3.46. The summed E-state index contributed by atoms with van der Waals surface area (Å²) in [6.45, 7) is 4.26. The normalized spacial score (nSPS) is 23.5. The molecule has 2 rings (SSSR count). The van der Waals surface area contributed by atoms with Crippen LogP contribution >= 0.6 is 0 Å². The molecule has 1 aliphatic rings. The van der Waals surface area contributed by atoms with Crippen molar-refractivity contribution in [2.24, 2.45) is 11.7 Å². The zero-order valence-electron chi connectivity index (χ0n) is 14.8. The molecule has 1 atom stereocenters. The number of aromatic nitrogens is 1. The third-order valence-electron chi connectivity index (χ3n) is 4.87. The number of aliphatic hydroxyl groups is 1. The van der Waals surface area contributed by atoms with Crippen molar-refractivity contribution in [3.05, 3.63) is 29.6 Å². The lowest BCUT2D eigenvalue weighted by atomic mass is 9.79. The number of nitrogens with one attached hydrogen (secondary N) is 1. The summed E-state index contributed by atoms with van der Waals surface area (Å²) in [5.74, 6) is 0.589. The van der Waals surface area contributed by atoms with Gasteiger partial charge in [-0.25, -0.2) is 4.98 Å². The Bertz CT molecular complexity index is 555. The van der Waals surface area contributed by atoms with Gasteiger partial charge in [-0.15, -0.1) is 0 Å². The van der Waals surface area contributed by atoms with Gasteiger partial charge in [0.1, 0.15) is 11.8 Å². The van der Waals surface area contributed by atoms with E-state index in [2.05, 4.69) is 10.3 Å². The van der Waals surface area contributed by atoms with Gasteiger partial charge in [-0.05, 0) is 64.0 Å². The van der Waals surface area contributed by atoms with Crippen molar-refractivity contribution in [2.45, 2.75) is 69.8 Å². The van der Waals surface area contributed by atoms with Gasteiger partial charge in [0.05, 0.1) is 5.69 Å². The van der Waals surface area contributed by atoms with Gasteiger partial charge in [0.15, 0.2) is 0 Å². The standard InChI is InChI=1S/C18H28F3N3O/c1-17(2,10-12-6-8-13(22)9-7-12)23-11-15(25)14-4-3-5-16(24-14)18(19,20)21/h3-5,12-13,15,23,25H,6-11,22H2,1-2H3/t12?,13?,15-/m0/s1. The second-order valence-corrected chi connectivity index (χ2v) is 7.71. The Morgan fingerprint density at radius 1 is 1.24 bits per heavy atom. The molecule has 0 aliphatic heterocycles. The van der Waals surface area contributed by atoms with E-state index in [-0.39, 0.29) is 17.8 Å². The lowest BCUT2D eigenvalue weighted by molar-refractivity contribution is -0.141. The minimum atomic E-state index is -4.51. The molecule has 1 fully saturated rings. The molecule has 0 unspecified atom stereocenters. The van der Waals surface area contributed by atoms with E-state index in [0.717, 1.165) is 38.2 Å². The molecule has 1 aliphatic carbocycles. The van der Waals surface area contributed by atoms with Crippen LogP contribution in [0.25, 0.3) is 0 Å². The Morgan fingerprint density at radius 2 is 1.88 bits per heavy atom. The molecule has 1 aromatic heterocycles. The predicted molar refractivity (Wildman–Crippen MR) is 90.8 cm³/mol. The number of β-amino-alcohol motifs (C(OH)–C–C–N with tert-alkyl or cyclic N) is 1. The van der Waals surface area contributed by atoms with Gasteiger partial charge < -0.3 is 16.2 Å². The van der Waals surface area contributed by atoms with Gasteiger partial charge in [-0.1, -0.05) is 6.07 Å². The lowest BCUT2D eigenvalue weighted by Gasteiger charge is -2.34. The topological polar surface area (TPSA) is 71.2 Å². The summed E-state index contributed by atoms with van der Waals surface area (Å²) in [4.78, 5) is 3.54. The van der Waals surface area contributed by atoms with E-state index >= 15 is 0 Å². The third-order valence-corrected chi connectivity index (χ3v) is 4.87. The molecule has 4 nitrogen and oxygen atoms in total. The van der Waals surface area contributed by atoms with Crippen LogP contribution in [-0.2, 0) is 6.18 Å². The molecule has 7 heteroatoms. The predicted octanol–water partition coefficient (Wildman–Crippen LogP) is 3.41. The van der Waals surface area contributed by atoms with Crippen molar-refractivity contribution in [1.82, 2.24) is 10.3 Å². The van der Waals surface area contributed by atoms with Crippen molar-refractivity contribution in [3.63, 3.8) is 0 Å². The fourth-order valence-electron chi connectivity index (χ4n) is 3.46. The molecule has 0 amide bonds. The number of rotatable bonds is 6. The maximum absolute atomic E-state index is 12.7. The Hall–Kier alpha value is -1.18. The average Bonchev–Trinajstić information content (AvgIpc) is 2.54. The van der Waals surface area contributed by atoms with Crippen LogP contribution in [0, 0.1) is 5.92 Å². The van der Waals surface area contributed by atoms with Crippen LogP contribution in [0.5, 0.6) is 0 Å². The quantitative estimate of drug-likeness (QED) is 0.728. The first-order chi connectivity index (χ1) is 11.6. The molecule has 142 valence electrons. The van der Waals surface area contributed by atoms with Crippen molar-refractivity contribution in [2.75, 3.05) is 6.54 Å². The maximum atomic E-state index is 12.7.